The second kappa shape index (κ2) is 3.54. The van der Waals surface area contributed by atoms with Crippen LogP contribution in [0, 0.1) is 0 Å². The smallest absolute Gasteiger partial charge is 0.109 e. The third-order valence-corrected chi connectivity index (χ3v) is 1.96. The second-order valence-electron chi connectivity index (χ2n) is 3.27. The van der Waals surface area contributed by atoms with Crippen molar-refractivity contribution in [3.8, 4) is 0 Å². The Morgan fingerprint density at radius 2 is 2.20 bits per heavy atom. The van der Waals surface area contributed by atoms with Gasteiger partial charge in [0, 0.05) is 6.04 Å². The lowest BCUT2D eigenvalue weighted by Crippen LogP contribution is -2.35. The first kappa shape index (κ1) is 10.2. The summed E-state index contributed by atoms with van der Waals surface area (Å²) in [5.41, 5.74) is 4.60. The summed E-state index contributed by atoms with van der Waals surface area (Å²) in [5.74, 6) is 0. The molecular weight excluding hydrogens is 153 g/mol. The van der Waals surface area contributed by atoms with Crippen molar-refractivity contribution in [2.45, 2.75) is 44.3 Å². The van der Waals surface area contributed by atoms with E-state index in [1.807, 2.05) is 0 Å². The highest BCUT2D eigenvalue weighted by Gasteiger charge is 2.29. The first-order chi connectivity index (χ1) is 4.10. The Kier molecular flexibility index (Phi) is 3.60. The van der Waals surface area contributed by atoms with Crippen LogP contribution in [0.5, 0.6) is 0 Å². The molecule has 10 heavy (non-hydrogen) atoms. The molecule has 1 nitrogen and oxygen atoms in total. The third-order valence-electron chi connectivity index (χ3n) is 1.96. The van der Waals surface area contributed by atoms with Gasteiger partial charge in [0.05, 0.1) is 0 Å². The topological polar surface area (TPSA) is 26.0 Å². The van der Waals surface area contributed by atoms with Crippen LogP contribution in [0.1, 0.15) is 32.6 Å². The first-order valence-corrected chi connectivity index (χ1v) is 3.55. The van der Waals surface area contributed by atoms with Crippen LogP contribution < -0.4 is 5.73 Å². The van der Waals surface area contributed by atoms with Crippen LogP contribution in [0.15, 0.2) is 0 Å². The van der Waals surface area contributed by atoms with Crippen molar-refractivity contribution in [2.75, 3.05) is 0 Å². The fourth-order valence-electron chi connectivity index (χ4n) is 1.48. The molecule has 1 fully saturated rings. The number of alkyl halides is 1. The Labute approximate surface area is 67.6 Å². The molecule has 2 unspecified atom stereocenters. The summed E-state index contributed by atoms with van der Waals surface area (Å²) in [6.45, 7) is 1.64. The molecule has 0 spiro atoms. The molecule has 0 amide bonds. The van der Waals surface area contributed by atoms with E-state index in [-0.39, 0.29) is 18.4 Å². The van der Waals surface area contributed by atoms with Crippen LogP contribution in [0.3, 0.4) is 0 Å². The van der Waals surface area contributed by atoms with Crippen LogP contribution >= 0.6 is 12.4 Å². The largest absolute Gasteiger partial charge is 0.328 e. The average Bonchev–Trinajstić information content (AvgIpc) is 1.60. The zero-order valence-corrected chi connectivity index (χ0v) is 7.09. The fourth-order valence-corrected chi connectivity index (χ4v) is 1.48. The van der Waals surface area contributed by atoms with Gasteiger partial charge in [0.15, 0.2) is 0 Å². The Morgan fingerprint density at radius 3 is 2.50 bits per heavy atom. The highest BCUT2D eigenvalue weighted by molar-refractivity contribution is 5.85. The van der Waals surface area contributed by atoms with Crippen molar-refractivity contribution in [1.82, 2.24) is 0 Å². The van der Waals surface area contributed by atoms with E-state index < -0.39 is 5.67 Å². The Morgan fingerprint density at radius 1 is 1.60 bits per heavy atom. The van der Waals surface area contributed by atoms with Gasteiger partial charge in [-0.15, -0.1) is 12.4 Å². The maximum absolute atomic E-state index is 13.0. The maximum Gasteiger partial charge on any atom is 0.109 e. The van der Waals surface area contributed by atoms with E-state index in [1.54, 1.807) is 6.92 Å². The molecule has 1 aliphatic carbocycles. The molecule has 3 heteroatoms. The van der Waals surface area contributed by atoms with Gasteiger partial charge in [-0.1, -0.05) is 0 Å². The molecule has 0 aromatic carbocycles. The quantitative estimate of drug-likeness (QED) is 0.587. The molecule has 2 atom stereocenters. The molecule has 1 saturated carbocycles. The van der Waals surface area contributed by atoms with Crippen LogP contribution in [-0.2, 0) is 0 Å². The van der Waals surface area contributed by atoms with Crippen LogP contribution in [0.4, 0.5) is 4.39 Å². The Bertz CT molecular complexity index is 106. The number of hydrogen-bond acceptors (Lipinski definition) is 1. The summed E-state index contributed by atoms with van der Waals surface area (Å²) < 4.78 is 13.0. The zero-order chi connectivity index (χ0) is 6.91. The van der Waals surface area contributed by atoms with E-state index in [0.717, 1.165) is 12.8 Å². The minimum Gasteiger partial charge on any atom is -0.328 e. The van der Waals surface area contributed by atoms with Gasteiger partial charge >= 0.3 is 0 Å². The molecule has 0 aromatic heterocycles. The predicted octanol–water partition coefficient (Wildman–Crippen LogP) is 2.04. The Balaban J connectivity index is 0.000000810. The SMILES string of the molecule is CC1(F)CCCC(N)C1.Cl. The van der Waals surface area contributed by atoms with E-state index in [4.69, 9.17) is 5.73 Å². The van der Waals surface area contributed by atoms with E-state index in [0.29, 0.717) is 12.8 Å². The van der Waals surface area contributed by atoms with E-state index in [2.05, 4.69) is 0 Å². The molecule has 0 aliphatic heterocycles. The minimum absolute atomic E-state index is 0. The van der Waals surface area contributed by atoms with Gasteiger partial charge in [-0.3, -0.25) is 0 Å². The first-order valence-electron chi connectivity index (χ1n) is 3.55. The van der Waals surface area contributed by atoms with Gasteiger partial charge in [-0.05, 0) is 32.6 Å². The molecule has 0 saturated heterocycles. The third kappa shape index (κ3) is 2.84. The summed E-state index contributed by atoms with van der Waals surface area (Å²) in [6, 6.07) is 0.105. The van der Waals surface area contributed by atoms with Crippen molar-refractivity contribution >= 4 is 12.4 Å². The van der Waals surface area contributed by atoms with Gasteiger partial charge < -0.3 is 5.73 Å². The highest BCUT2D eigenvalue weighted by Crippen LogP contribution is 2.30. The van der Waals surface area contributed by atoms with E-state index in [9.17, 15) is 4.39 Å². The number of rotatable bonds is 0. The monoisotopic (exact) mass is 167 g/mol. The summed E-state index contributed by atoms with van der Waals surface area (Å²) in [7, 11) is 0. The second-order valence-corrected chi connectivity index (χ2v) is 3.27. The summed E-state index contributed by atoms with van der Waals surface area (Å²) in [6.07, 6.45) is 3.20. The van der Waals surface area contributed by atoms with Crippen LogP contribution in [0.25, 0.3) is 0 Å². The lowest BCUT2D eigenvalue weighted by atomic mass is 9.85. The number of hydrogen-bond donors (Lipinski definition) is 1. The maximum atomic E-state index is 13.0. The van der Waals surface area contributed by atoms with Gasteiger partial charge in [-0.25, -0.2) is 4.39 Å². The Hall–Kier alpha value is 0.180. The summed E-state index contributed by atoms with van der Waals surface area (Å²) >= 11 is 0. The molecule has 0 bridgehead atoms. The van der Waals surface area contributed by atoms with Crippen molar-refractivity contribution in [3.63, 3.8) is 0 Å². The van der Waals surface area contributed by atoms with Gasteiger partial charge in [0.1, 0.15) is 5.67 Å². The van der Waals surface area contributed by atoms with Crippen molar-refractivity contribution < 1.29 is 4.39 Å². The lowest BCUT2D eigenvalue weighted by molar-refractivity contribution is 0.118. The van der Waals surface area contributed by atoms with Crippen molar-refractivity contribution in [1.29, 1.82) is 0 Å². The van der Waals surface area contributed by atoms with Crippen molar-refractivity contribution in [2.24, 2.45) is 5.73 Å². The normalized spacial score (nSPS) is 40.5. The van der Waals surface area contributed by atoms with Gasteiger partial charge in [0.2, 0.25) is 0 Å². The van der Waals surface area contributed by atoms with E-state index >= 15 is 0 Å². The highest BCUT2D eigenvalue weighted by atomic mass is 35.5. The molecule has 0 radical (unpaired) electrons. The zero-order valence-electron chi connectivity index (χ0n) is 6.27. The summed E-state index contributed by atoms with van der Waals surface area (Å²) in [4.78, 5) is 0. The molecule has 62 valence electrons. The van der Waals surface area contributed by atoms with Crippen LogP contribution in [-0.4, -0.2) is 11.7 Å². The molecule has 1 aliphatic rings. The lowest BCUT2D eigenvalue weighted by Gasteiger charge is -2.29. The molecule has 0 aromatic rings. The molecule has 1 rings (SSSR count). The molecular formula is C7H15ClFN. The number of halogens is 2. The minimum atomic E-state index is -0.975. The average molecular weight is 168 g/mol. The summed E-state index contributed by atoms with van der Waals surface area (Å²) in [5, 5.41) is 0. The number of nitrogens with two attached hydrogens (primary N) is 1. The van der Waals surface area contributed by atoms with E-state index in [1.165, 1.54) is 0 Å². The molecule has 2 N–H and O–H groups in total. The van der Waals surface area contributed by atoms with Gasteiger partial charge in [0.25, 0.3) is 0 Å². The van der Waals surface area contributed by atoms with Crippen molar-refractivity contribution in [3.05, 3.63) is 0 Å². The standard InChI is InChI=1S/C7H14FN.ClH/c1-7(8)4-2-3-6(9)5-7;/h6H,2-5,9H2,1H3;1H. The van der Waals surface area contributed by atoms with Crippen LogP contribution in [0.2, 0.25) is 0 Å². The fraction of sp³-hybridized carbons (Fsp3) is 1.00. The van der Waals surface area contributed by atoms with Gasteiger partial charge in [-0.2, -0.15) is 0 Å². The predicted molar refractivity (Wildman–Crippen MR) is 43.2 cm³/mol. The molecule has 0 heterocycles.